The van der Waals surface area contributed by atoms with Gasteiger partial charge in [0, 0.05) is 6.20 Å². The van der Waals surface area contributed by atoms with Gasteiger partial charge in [-0.1, -0.05) is 0 Å². The molecule has 1 unspecified atom stereocenters. The second kappa shape index (κ2) is 4.28. The van der Waals surface area contributed by atoms with Crippen LogP contribution in [0.5, 0.6) is 0 Å². The van der Waals surface area contributed by atoms with Gasteiger partial charge in [-0.25, -0.2) is 14.3 Å². The first-order valence-electron chi connectivity index (χ1n) is 4.94. The first-order chi connectivity index (χ1) is 7.72. The maximum atomic E-state index is 11.4. The van der Waals surface area contributed by atoms with Crippen molar-refractivity contribution < 1.29 is 9.53 Å². The lowest BCUT2D eigenvalue weighted by molar-refractivity contribution is -0.144. The van der Waals surface area contributed by atoms with E-state index in [2.05, 4.69) is 10.1 Å². The molecule has 0 aromatic carbocycles. The lowest BCUT2D eigenvalue weighted by Crippen LogP contribution is -2.23. The van der Waals surface area contributed by atoms with Crippen LogP contribution in [0.15, 0.2) is 24.7 Å². The van der Waals surface area contributed by atoms with Crippen molar-refractivity contribution in [3.05, 3.63) is 30.2 Å². The Morgan fingerprint density at radius 1 is 1.69 bits per heavy atom. The highest BCUT2D eigenvalue weighted by Crippen LogP contribution is 2.13. The molecule has 1 atom stereocenters. The van der Waals surface area contributed by atoms with Crippen LogP contribution in [-0.2, 0) is 9.53 Å². The van der Waals surface area contributed by atoms with Crippen LogP contribution in [0, 0.1) is 0 Å². The fraction of sp³-hybridized carbons (Fsp3) is 0.300. The maximum Gasteiger partial charge on any atom is 0.327 e. The summed E-state index contributed by atoms with van der Waals surface area (Å²) in [6, 6.07) is 2.67. The lowest BCUT2D eigenvalue weighted by Gasteiger charge is -2.10. The number of rotatable bonds is 3. The summed E-state index contributed by atoms with van der Waals surface area (Å²) < 4.78 is 6.44. The van der Waals surface area contributed by atoms with Crippen LogP contribution in [0.3, 0.4) is 0 Å². The molecule has 0 fully saturated rings. The standard InChI is InChI=1S/C10H12N4O2/c1-2-16-10(15)9(11)7-3-4-14-8(5-7)12-6-13-14/h3-6,9H,2,11H2,1H3. The Hall–Kier alpha value is -1.95. The third-order valence-electron chi connectivity index (χ3n) is 2.20. The number of carbonyl (C=O) groups excluding carboxylic acids is 1. The number of esters is 1. The van der Waals surface area contributed by atoms with Crippen molar-refractivity contribution in [3.63, 3.8) is 0 Å². The van der Waals surface area contributed by atoms with Crippen molar-refractivity contribution in [3.8, 4) is 0 Å². The van der Waals surface area contributed by atoms with Crippen LogP contribution < -0.4 is 5.73 Å². The van der Waals surface area contributed by atoms with E-state index in [9.17, 15) is 4.79 Å². The Kier molecular flexibility index (Phi) is 2.82. The third kappa shape index (κ3) is 1.87. The summed E-state index contributed by atoms with van der Waals surface area (Å²) in [7, 11) is 0. The highest BCUT2D eigenvalue weighted by Gasteiger charge is 2.17. The molecule has 0 aliphatic carbocycles. The number of nitrogens with two attached hydrogens (primary N) is 1. The Morgan fingerprint density at radius 2 is 2.50 bits per heavy atom. The molecule has 2 aromatic heterocycles. The molecular formula is C10H12N4O2. The van der Waals surface area contributed by atoms with Gasteiger partial charge in [-0.3, -0.25) is 0 Å². The molecule has 2 N–H and O–H groups in total. The molecule has 0 aliphatic heterocycles. The summed E-state index contributed by atoms with van der Waals surface area (Å²) in [6.45, 7) is 2.06. The average Bonchev–Trinajstić information content (AvgIpc) is 2.75. The zero-order chi connectivity index (χ0) is 11.5. The van der Waals surface area contributed by atoms with Crippen molar-refractivity contribution in [2.45, 2.75) is 13.0 Å². The van der Waals surface area contributed by atoms with Gasteiger partial charge in [0.15, 0.2) is 5.65 Å². The number of nitrogens with zero attached hydrogens (tertiary/aromatic N) is 3. The zero-order valence-electron chi connectivity index (χ0n) is 8.83. The van der Waals surface area contributed by atoms with Crippen LogP contribution in [0.2, 0.25) is 0 Å². The molecule has 84 valence electrons. The predicted molar refractivity (Wildman–Crippen MR) is 56.5 cm³/mol. The number of ether oxygens (including phenoxy) is 1. The minimum absolute atomic E-state index is 0.319. The zero-order valence-corrected chi connectivity index (χ0v) is 8.83. The molecule has 0 saturated carbocycles. The normalized spacial score (nSPS) is 12.6. The van der Waals surface area contributed by atoms with E-state index in [1.54, 1.807) is 29.8 Å². The van der Waals surface area contributed by atoms with E-state index >= 15 is 0 Å². The maximum absolute atomic E-state index is 11.4. The molecular weight excluding hydrogens is 208 g/mol. The quantitative estimate of drug-likeness (QED) is 0.752. The van der Waals surface area contributed by atoms with Gasteiger partial charge in [-0.2, -0.15) is 5.10 Å². The number of fused-ring (bicyclic) bond motifs is 1. The number of aromatic nitrogens is 3. The van der Waals surface area contributed by atoms with E-state index in [0.717, 1.165) is 0 Å². The van der Waals surface area contributed by atoms with E-state index in [-0.39, 0.29) is 0 Å². The lowest BCUT2D eigenvalue weighted by atomic mass is 10.1. The van der Waals surface area contributed by atoms with Crippen LogP contribution in [-0.4, -0.2) is 27.2 Å². The minimum Gasteiger partial charge on any atom is -0.465 e. The monoisotopic (exact) mass is 220 g/mol. The third-order valence-corrected chi connectivity index (χ3v) is 2.20. The second-order valence-corrected chi connectivity index (χ2v) is 3.25. The van der Waals surface area contributed by atoms with Gasteiger partial charge in [0.1, 0.15) is 12.4 Å². The molecule has 6 heteroatoms. The Morgan fingerprint density at radius 3 is 3.25 bits per heavy atom. The van der Waals surface area contributed by atoms with Gasteiger partial charge < -0.3 is 10.5 Å². The second-order valence-electron chi connectivity index (χ2n) is 3.25. The average molecular weight is 220 g/mol. The molecule has 2 heterocycles. The number of pyridine rings is 1. The molecule has 2 rings (SSSR count). The highest BCUT2D eigenvalue weighted by molar-refractivity contribution is 5.77. The molecule has 6 nitrogen and oxygen atoms in total. The predicted octanol–water partition coefficient (Wildman–Crippen LogP) is 0.292. The van der Waals surface area contributed by atoms with Gasteiger partial charge in [-0.05, 0) is 24.6 Å². The smallest absolute Gasteiger partial charge is 0.327 e. The summed E-state index contributed by atoms with van der Waals surface area (Å²) in [4.78, 5) is 15.4. The Labute approximate surface area is 92.0 Å². The largest absolute Gasteiger partial charge is 0.465 e. The number of carbonyl (C=O) groups is 1. The number of hydrogen-bond acceptors (Lipinski definition) is 5. The van der Waals surface area contributed by atoms with E-state index in [4.69, 9.17) is 10.5 Å². The summed E-state index contributed by atoms with van der Waals surface area (Å²) in [6.07, 6.45) is 3.14. The molecule has 0 aliphatic rings. The van der Waals surface area contributed by atoms with Crippen LogP contribution >= 0.6 is 0 Å². The van der Waals surface area contributed by atoms with Gasteiger partial charge >= 0.3 is 5.97 Å². The van der Waals surface area contributed by atoms with E-state index in [0.29, 0.717) is 17.8 Å². The molecule has 16 heavy (non-hydrogen) atoms. The Balaban J connectivity index is 2.28. The van der Waals surface area contributed by atoms with Gasteiger partial charge in [0.05, 0.1) is 6.61 Å². The molecule has 0 amide bonds. The fourth-order valence-corrected chi connectivity index (χ4v) is 1.39. The topological polar surface area (TPSA) is 82.5 Å². The van der Waals surface area contributed by atoms with Crippen LogP contribution in [0.25, 0.3) is 5.65 Å². The summed E-state index contributed by atoms with van der Waals surface area (Å²) in [5.74, 6) is -0.439. The first-order valence-corrected chi connectivity index (χ1v) is 4.94. The fourth-order valence-electron chi connectivity index (χ4n) is 1.39. The number of hydrogen-bond donors (Lipinski definition) is 1. The van der Waals surface area contributed by atoms with Gasteiger partial charge in [-0.15, -0.1) is 0 Å². The van der Waals surface area contributed by atoms with Gasteiger partial charge in [0.2, 0.25) is 0 Å². The summed E-state index contributed by atoms with van der Waals surface area (Å²) >= 11 is 0. The first kappa shape index (κ1) is 10.6. The highest BCUT2D eigenvalue weighted by atomic mass is 16.5. The van der Waals surface area contributed by atoms with E-state index in [1.165, 1.54) is 6.33 Å². The molecule has 0 spiro atoms. The molecule has 2 aromatic rings. The van der Waals surface area contributed by atoms with Gasteiger partial charge in [0.25, 0.3) is 0 Å². The summed E-state index contributed by atoms with van der Waals surface area (Å²) in [5.41, 5.74) is 7.07. The molecule has 0 saturated heterocycles. The van der Waals surface area contributed by atoms with Crippen molar-refractivity contribution in [2.75, 3.05) is 6.61 Å². The van der Waals surface area contributed by atoms with Crippen molar-refractivity contribution in [2.24, 2.45) is 5.73 Å². The summed E-state index contributed by atoms with van der Waals surface area (Å²) in [5, 5.41) is 3.95. The SMILES string of the molecule is CCOC(=O)C(N)c1ccn2ncnc2c1. The van der Waals surface area contributed by atoms with Crippen molar-refractivity contribution >= 4 is 11.6 Å². The molecule has 0 radical (unpaired) electrons. The van der Waals surface area contributed by atoms with Crippen molar-refractivity contribution in [1.29, 1.82) is 0 Å². The van der Waals surface area contributed by atoms with Crippen LogP contribution in [0.4, 0.5) is 0 Å². The minimum atomic E-state index is -0.776. The van der Waals surface area contributed by atoms with E-state index < -0.39 is 12.0 Å². The Bertz CT molecular complexity index is 508. The van der Waals surface area contributed by atoms with Crippen LogP contribution in [0.1, 0.15) is 18.5 Å². The van der Waals surface area contributed by atoms with E-state index in [1.807, 2.05) is 0 Å². The molecule has 0 bridgehead atoms. The van der Waals surface area contributed by atoms with Crippen molar-refractivity contribution in [1.82, 2.24) is 14.6 Å².